The molecule has 1 saturated carbocycles. The lowest BCUT2D eigenvalue weighted by Gasteiger charge is -2.37. The highest BCUT2D eigenvalue weighted by Gasteiger charge is 2.48. The van der Waals surface area contributed by atoms with E-state index in [9.17, 15) is 26.4 Å². The van der Waals surface area contributed by atoms with Gasteiger partial charge >= 0.3 is 6.18 Å². The molecule has 2 aromatic heterocycles. The Balaban J connectivity index is 1.55. The Hall–Kier alpha value is -3.87. The normalized spacial score (nSPS) is 18.0. The van der Waals surface area contributed by atoms with Crippen molar-refractivity contribution >= 4 is 26.7 Å². The van der Waals surface area contributed by atoms with Crippen LogP contribution in [0.15, 0.2) is 69.0 Å². The first-order chi connectivity index (χ1) is 17.5. The van der Waals surface area contributed by atoms with E-state index in [2.05, 4.69) is 14.4 Å². The molecule has 0 radical (unpaired) electrons. The second-order valence-electron chi connectivity index (χ2n) is 8.67. The first kappa shape index (κ1) is 24.8. The van der Waals surface area contributed by atoms with Crippen LogP contribution >= 0.6 is 0 Å². The highest BCUT2D eigenvalue weighted by atomic mass is 32.2. The minimum atomic E-state index is -4.33. The molecule has 0 spiro atoms. The fourth-order valence-corrected chi connectivity index (χ4v) is 5.48. The number of pyridine rings is 1. The Kier molecular flexibility index (Phi) is 5.97. The number of ether oxygens (including phenoxy) is 1. The summed E-state index contributed by atoms with van der Waals surface area (Å²) in [6, 6.07) is 10.3. The van der Waals surface area contributed by atoms with Crippen LogP contribution in [-0.2, 0) is 10.0 Å². The molecule has 0 atom stereocenters. The topological polar surface area (TPSA) is 103 Å². The minimum absolute atomic E-state index is 0.0154. The third-order valence-electron chi connectivity index (χ3n) is 6.43. The lowest BCUT2D eigenvalue weighted by Crippen LogP contribution is -2.34. The van der Waals surface area contributed by atoms with Gasteiger partial charge in [-0.3, -0.25) is 14.1 Å². The molecule has 8 nitrogen and oxygen atoms in total. The predicted molar refractivity (Wildman–Crippen MR) is 125 cm³/mol. The molecule has 1 aliphatic carbocycles. The van der Waals surface area contributed by atoms with E-state index in [0.29, 0.717) is 5.39 Å². The Bertz CT molecular complexity index is 1640. The number of aromatic nitrogens is 2. The molecule has 5 rings (SSSR count). The fraction of sp³-hybridized carbons (Fsp3) is 0.250. The number of nitrogens with one attached hydrogen (secondary N) is 1. The second kappa shape index (κ2) is 8.91. The number of benzene rings is 2. The lowest BCUT2D eigenvalue weighted by atomic mass is 9.71. The van der Waals surface area contributed by atoms with Crippen molar-refractivity contribution in [3.05, 3.63) is 76.5 Å². The number of anilines is 1. The van der Waals surface area contributed by atoms with Crippen LogP contribution in [0.5, 0.6) is 5.75 Å². The molecule has 0 unspecified atom stereocenters. The van der Waals surface area contributed by atoms with Crippen molar-refractivity contribution in [2.45, 2.75) is 29.8 Å². The second-order valence-corrected chi connectivity index (χ2v) is 10.4. The molecule has 13 heteroatoms. The standard InChI is InChI=1S/C24H19F4N3O5S/c1-35-21-11-17(14-8-15(9-14)24(26,27)28)18(25)12-20(21)31-19-4-3-16(10-13(19)2-5-23(31)32)37(33,34)30-22-6-7-36-29-22/h2-7,10-12,14-15H,8-9H2,1H3,(H,29,30)/t14-,15+. The summed E-state index contributed by atoms with van der Waals surface area (Å²) in [5, 5.41) is 3.86. The van der Waals surface area contributed by atoms with E-state index in [0.717, 1.165) is 10.6 Å². The molecule has 1 N–H and O–H groups in total. The average molecular weight is 537 g/mol. The van der Waals surface area contributed by atoms with E-state index in [1.807, 2.05) is 0 Å². The molecule has 1 aliphatic rings. The molecule has 4 aromatic rings. The molecule has 2 heterocycles. The number of methoxy groups -OCH3 is 1. The maximum atomic E-state index is 15.1. The van der Waals surface area contributed by atoms with E-state index in [4.69, 9.17) is 4.74 Å². The maximum absolute atomic E-state index is 15.1. The largest absolute Gasteiger partial charge is 0.495 e. The predicted octanol–water partition coefficient (Wildman–Crippen LogP) is 4.98. The van der Waals surface area contributed by atoms with Gasteiger partial charge in [-0.1, -0.05) is 5.16 Å². The molecule has 0 saturated heterocycles. The van der Waals surface area contributed by atoms with Gasteiger partial charge in [-0.2, -0.15) is 13.2 Å². The summed E-state index contributed by atoms with van der Waals surface area (Å²) in [7, 11) is -2.73. The molecule has 37 heavy (non-hydrogen) atoms. The Morgan fingerprint density at radius 2 is 1.86 bits per heavy atom. The lowest BCUT2D eigenvalue weighted by molar-refractivity contribution is -0.197. The van der Waals surface area contributed by atoms with Crippen molar-refractivity contribution < 1.29 is 35.2 Å². The SMILES string of the molecule is COc1cc([C@H]2C[C@@H](C(F)(F)F)C2)c(F)cc1-n1c(=O)ccc2cc(S(=O)(=O)Nc3ccon3)ccc21. The van der Waals surface area contributed by atoms with Gasteiger partial charge in [0.05, 0.1) is 29.1 Å². The third kappa shape index (κ3) is 4.54. The summed E-state index contributed by atoms with van der Waals surface area (Å²) in [6.07, 6.45) is -3.58. The monoisotopic (exact) mass is 537 g/mol. The Morgan fingerprint density at radius 3 is 2.51 bits per heavy atom. The van der Waals surface area contributed by atoms with Crippen LogP contribution in [0.3, 0.4) is 0 Å². The van der Waals surface area contributed by atoms with Gasteiger partial charge in [-0.05, 0) is 54.7 Å². The van der Waals surface area contributed by atoms with E-state index in [1.165, 1.54) is 55.8 Å². The highest BCUT2D eigenvalue weighted by molar-refractivity contribution is 7.92. The highest BCUT2D eigenvalue weighted by Crippen LogP contribution is 2.50. The summed E-state index contributed by atoms with van der Waals surface area (Å²) in [5.74, 6) is -2.79. The number of rotatable bonds is 6. The van der Waals surface area contributed by atoms with Crippen LogP contribution in [0.25, 0.3) is 16.6 Å². The van der Waals surface area contributed by atoms with E-state index in [1.54, 1.807) is 0 Å². The van der Waals surface area contributed by atoms with Crippen LogP contribution in [0.1, 0.15) is 24.3 Å². The van der Waals surface area contributed by atoms with Gasteiger partial charge in [0.1, 0.15) is 17.8 Å². The average Bonchev–Trinajstić information content (AvgIpc) is 3.30. The van der Waals surface area contributed by atoms with Crippen LogP contribution < -0.4 is 15.0 Å². The fourth-order valence-electron chi connectivity index (χ4n) is 4.45. The number of alkyl halides is 3. The van der Waals surface area contributed by atoms with Gasteiger partial charge in [0, 0.05) is 23.6 Å². The van der Waals surface area contributed by atoms with Gasteiger partial charge in [-0.25, -0.2) is 12.8 Å². The molecular weight excluding hydrogens is 518 g/mol. The van der Waals surface area contributed by atoms with Gasteiger partial charge in [-0.15, -0.1) is 0 Å². The van der Waals surface area contributed by atoms with Crippen LogP contribution in [0, 0.1) is 11.7 Å². The van der Waals surface area contributed by atoms with Crippen molar-refractivity contribution in [2.75, 3.05) is 11.8 Å². The molecule has 0 amide bonds. The van der Waals surface area contributed by atoms with Gasteiger partial charge < -0.3 is 9.26 Å². The maximum Gasteiger partial charge on any atom is 0.391 e. The first-order valence-electron chi connectivity index (χ1n) is 11.0. The number of hydrogen-bond donors (Lipinski definition) is 1. The number of halogens is 4. The van der Waals surface area contributed by atoms with Gasteiger partial charge in [0.2, 0.25) is 0 Å². The first-order valence-corrected chi connectivity index (χ1v) is 12.5. The van der Waals surface area contributed by atoms with E-state index in [-0.39, 0.29) is 46.1 Å². The minimum Gasteiger partial charge on any atom is -0.495 e. The number of sulfonamides is 1. The van der Waals surface area contributed by atoms with Crippen LogP contribution in [0.4, 0.5) is 23.4 Å². The van der Waals surface area contributed by atoms with Crippen molar-refractivity contribution in [1.82, 2.24) is 9.72 Å². The zero-order valence-electron chi connectivity index (χ0n) is 19.1. The van der Waals surface area contributed by atoms with Crippen molar-refractivity contribution in [2.24, 2.45) is 5.92 Å². The summed E-state index contributed by atoms with van der Waals surface area (Å²) in [4.78, 5) is 12.7. The van der Waals surface area contributed by atoms with Gasteiger partial charge in [0.25, 0.3) is 15.6 Å². The number of hydrogen-bond acceptors (Lipinski definition) is 6. The molecule has 0 bridgehead atoms. The van der Waals surface area contributed by atoms with Gasteiger partial charge in [0.15, 0.2) is 5.82 Å². The molecule has 0 aliphatic heterocycles. The van der Waals surface area contributed by atoms with Crippen molar-refractivity contribution in [3.8, 4) is 11.4 Å². The Morgan fingerprint density at radius 1 is 1.11 bits per heavy atom. The zero-order valence-corrected chi connectivity index (χ0v) is 19.9. The molecular formula is C24H19F4N3O5S. The van der Waals surface area contributed by atoms with Crippen LogP contribution in [0.2, 0.25) is 0 Å². The molecule has 194 valence electrons. The third-order valence-corrected chi connectivity index (χ3v) is 7.79. The smallest absolute Gasteiger partial charge is 0.391 e. The summed E-state index contributed by atoms with van der Waals surface area (Å²) in [6.45, 7) is 0. The van der Waals surface area contributed by atoms with Crippen molar-refractivity contribution in [3.63, 3.8) is 0 Å². The number of nitrogens with zero attached hydrogens (tertiary/aromatic N) is 2. The zero-order chi connectivity index (χ0) is 26.5. The van der Waals surface area contributed by atoms with Crippen LogP contribution in [-0.4, -0.2) is 31.4 Å². The quantitative estimate of drug-likeness (QED) is 0.348. The van der Waals surface area contributed by atoms with E-state index >= 15 is 4.39 Å². The summed E-state index contributed by atoms with van der Waals surface area (Å²) < 4.78 is 92.7. The molecule has 2 aromatic carbocycles. The summed E-state index contributed by atoms with van der Waals surface area (Å²) >= 11 is 0. The Labute approximate surface area is 207 Å². The molecule has 1 fully saturated rings. The number of fused-ring (bicyclic) bond motifs is 1. The summed E-state index contributed by atoms with van der Waals surface area (Å²) in [5.41, 5.74) is -0.168. The van der Waals surface area contributed by atoms with E-state index < -0.39 is 39.4 Å². The van der Waals surface area contributed by atoms with Crippen molar-refractivity contribution in [1.29, 1.82) is 0 Å².